The molecule has 0 radical (unpaired) electrons. The standard InChI is InChI=1S/C17H21N3O2S2/c1-4-13-11(3)24-15-14(13)16(21)20(9-12-6-5-7-22-12)17(19-15)23-10(2)8-18/h10,12H,4-7,9H2,1-3H3/t10-,12+/m1/s1. The van der Waals surface area contributed by atoms with E-state index in [1.165, 1.54) is 11.8 Å². The van der Waals surface area contributed by atoms with Gasteiger partial charge in [-0.2, -0.15) is 5.26 Å². The summed E-state index contributed by atoms with van der Waals surface area (Å²) in [6.45, 7) is 7.21. The molecule has 5 nitrogen and oxygen atoms in total. The summed E-state index contributed by atoms with van der Waals surface area (Å²) in [6, 6.07) is 2.21. The Morgan fingerprint density at radius 1 is 1.58 bits per heavy atom. The molecule has 3 rings (SSSR count). The van der Waals surface area contributed by atoms with E-state index >= 15 is 0 Å². The highest BCUT2D eigenvalue weighted by Gasteiger charge is 2.23. The summed E-state index contributed by atoms with van der Waals surface area (Å²) in [5.74, 6) is 0. The number of thiophene rings is 1. The highest BCUT2D eigenvalue weighted by molar-refractivity contribution is 8.00. The molecule has 2 aromatic heterocycles. The van der Waals surface area contributed by atoms with Crippen molar-refractivity contribution in [1.82, 2.24) is 9.55 Å². The van der Waals surface area contributed by atoms with Crippen LogP contribution in [-0.2, 0) is 17.7 Å². The van der Waals surface area contributed by atoms with Gasteiger partial charge in [0.05, 0.1) is 29.4 Å². The second-order valence-electron chi connectivity index (χ2n) is 6.00. The van der Waals surface area contributed by atoms with Crippen molar-refractivity contribution < 1.29 is 4.74 Å². The Labute approximate surface area is 149 Å². The Morgan fingerprint density at radius 2 is 2.38 bits per heavy atom. The largest absolute Gasteiger partial charge is 0.376 e. The average molecular weight is 364 g/mol. The number of fused-ring (bicyclic) bond motifs is 1. The molecule has 1 fully saturated rings. The highest BCUT2D eigenvalue weighted by Crippen LogP contribution is 2.31. The number of nitrogens with zero attached hydrogens (tertiary/aromatic N) is 3. The van der Waals surface area contributed by atoms with Crippen LogP contribution >= 0.6 is 23.1 Å². The molecule has 1 saturated heterocycles. The number of aromatic nitrogens is 2. The Morgan fingerprint density at radius 3 is 3.00 bits per heavy atom. The SMILES string of the molecule is CCc1c(C)sc2nc(S[C@H](C)C#N)n(C[C@@H]3CCCO3)c(=O)c12. The quantitative estimate of drug-likeness (QED) is 0.601. The number of nitriles is 1. The second kappa shape index (κ2) is 7.26. The molecule has 1 aliphatic rings. The fourth-order valence-electron chi connectivity index (χ4n) is 3.08. The van der Waals surface area contributed by atoms with Crippen LogP contribution in [0, 0.1) is 18.3 Å². The van der Waals surface area contributed by atoms with Crippen molar-refractivity contribution in [2.75, 3.05) is 6.61 Å². The van der Waals surface area contributed by atoms with Gasteiger partial charge in [0.1, 0.15) is 4.83 Å². The maximum Gasteiger partial charge on any atom is 0.263 e. The van der Waals surface area contributed by atoms with Crippen molar-refractivity contribution in [3.63, 3.8) is 0 Å². The van der Waals surface area contributed by atoms with Crippen LogP contribution in [0.3, 0.4) is 0 Å². The van der Waals surface area contributed by atoms with E-state index in [0.717, 1.165) is 46.5 Å². The summed E-state index contributed by atoms with van der Waals surface area (Å²) in [6.07, 6.45) is 2.88. The summed E-state index contributed by atoms with van der Waals surface area (Å²) in [5.41, 5.74) is 1.10. The maximum absolute atomic E-state index is 13.2. The lowest BCUT2D eigenvalue weighted by Gasteiger charge is -2.16. The molecule has 0 amide bonds. The van der Waals surface area contributed by atoms with Gasteiger partial charge in [0.2, 0.25) is 0 Å². The van der Waals surface area contributed by atoms with Crippen LogP contribution in [0.2, 0.25) is 0 Å². The van der Waals surface area contributed by atoms with E-state index < -0.39 is 0 Å². The molecule has 0 saturated carbocycles. The lowest BCUT2D eigenvalue weighted by atomic mass is 10.1. The number of thioether (sulfide) groups is 1. The number of ether oxygens (including phenoxy) is 1. The van der Waals surface area contributed by atoms with Crippen LogP contribution in [0.1, 0.15) is 37.1 Å². The van der Waals surface area contributed by atoms with Crippen molar-refractivity contribution in [2.45, 2.75) is 63.1 Å². The van der Waals surface area contributed by atoms with E-state index in [9.17, 15) is 4.79 Å². The van der Waals surface area contributed by atoms with E-state index in [1.54, 1.807) is 15.9 Å². The van der Waals surface area contributed by atoms with Gasteiger partial charge in [0, 0.05) is 11.5 Å². The molecular weight excluding hydrogens is 342 g/mol. The van der Waals surface area contributed by atoms with Gasteiger partial charge >= 0.3 is 0 Å². The third-order valence-corrected chi connectivity index (χ3v) is 6.33. The Bertz CT molecular complexity index is 844. The minimum absolute atomic E-state index is 0.00402. The van der Waals surface area contributed by atoms with Gasteiger partial charge in [-0.3, -0.25) is 9.36 Å². The van der Waals surface area contributed by atoms with E-state index in [2.05, 4.69) is 13.0 Å². The topological polar surface area (TPSA) is 67.9 Å². The van der Waals surface area contributed by atoms with Crippen LogP contribution in [0.4, 0.5) is 0 Å². The predicted molar refractivity (Wildman–Crippen MR) is 97.9 cm³/mol. The van der Waals surface area contributed by atoms with Crippen LogP contribution in [0.25, 0.3) is 10.2 Å². The fourth-order valence-corrected chi connectivity index (χ4v) is 5.04. The second-order valence-corrected chi connectivity index (χ2v) is 8.52. The summed E-state index contributed by atoms with van der Waals surface area (Å²) in [5, 5.41) is 10.2. The Kier molecular flexibility index (Phi) is 5.28. The number of rotatable bonds is 5. The van der Waals surface area contributed by atoms with E-state index in [-0.39, 0.29) is 16.9 Å². The van der Waals surface area contributed by atoms with Gasteiger partial charge in [-0.05, 0) is 38.7 Å². The van der Waals surface area contributed by atoms with E-state index in [4.69, 9.17) is 15.0 Å². The first-order valence-corrected chi connectivity index (χ1v) is 9.95. The zero-order valence-corrected chi connectivity index (χ0v) is 15.8. The number of aryl methyl sites for hydroxylation is 2. The molecule has 2 atom stereocenters. The monoisotopic (exact) mass is 363 g/mol. The van der Waals surface area contributed by atoms with Gasteiger partial charge in [-0.1, -0.05) is 18.7 Å². The first-order chi connectivity index (χ1) is 11.5. The summed E-state index contributed by atoms with van der Waals surface area (Å²) >= 11 is 2.91. The summed E-state index contributed by atoms with van der Waals surface area (Å²) < 4.78 is 7.44. The van der Waals surface area contributed by atoms with Crippen molar-refractivity contribution in [2.24, 2.45) is 0 Å². The molecule has 0 aliphatic carbocycles. The van der Waals surface area contributed by atoms with Crippen LogP contribution in [0.5, 0.6) is 0 Å². The highest BCUT2D eigenvalue weighted by atomic mass is 32.2. The molecule has 0 aromatic carbocycles. The minimum atomic E-state index is -0.253. The van der Waals surface area contributed by atoms with Gasteiger partial charge in [0.25, 0.3) is 5.56 Å². The van der Waals surface area contributed by atoms with Gasteiger partial charge in [-0.15, -0.1) is 11.3 Å². The molecule has 2 aromatic rings. The fraction of sp³-hybridized carbons (Fsp3) is 0.588. The van der Waals surface area contributed by atoms with Gasteiger partial charge < -0.3 is 4.74 Å². The molecule has 3 heterocycles. The molecule has 128 valence electrons. The summed E-state index contributed by atoms with van der Waals surface area (Å²) in [7, 11) is 0. The summed E-state index contributed by atoms with van der Waals surface area (Å²) in [4.78, 5) is 19.8. The molecule has 1 aliphatic heterocycles. The zero-order valence-electron chi connectivity index (χ0n) is 14.2. The van der Waals surface area contributed by atoms with E-state index in [0.29, 0.717) is 11.7 Å². The average Bonchev–Trinajstić information content (AvgIpc) is 3.17. The first kappa shape index (κ1) is 17.5. The van der Waals surface area contributed by atoms with E-state index in [1.807, 2.05) is 13.8 Å². The molecule has 7 heteroatoms. The normalized spacial score (nSPS) is 18.8. The first-order valence-electron chi connectivity index (χ1n) is 8.25. The molecule has 24 heavy (non-hydrogen) atoms. The van der Waals surface area contributed by atoms with Crippen LogP contribution in [-0.4, -0.2) is 27.5 Å². The third kappa shape index (κ3) is 3.23. The smallest absolute Gasteiger partial charge is 0.263 e. The lowest BCUT2D eigenvalue weighted by Crippen LogP contribution is -2.29. The third-order valence-electron chi connectivity index (χ3n) is 4.31. The maximum atomic E-state index is 13.2. The molecule has 0 N–H and O–H groups in total. The van der Waals surface area contributed by atoms with Gasteiger partial charge in [-0.25, -0.2) is 4.98 Å². The van der Waals surface area contributed by atoms with Crippen molar-refractivity contribution in [3.8, 4) is 6.07 Å². The molecule has 0 unspecified atom stereocenters. The minimum Gasteiger partial charge on any atom is -0.376 e. The van der Waals surface area contributed by atoms with Crippen LogP contribution < -0.4 is 5.56 Å². The Balaban J connectivity index is 2.15. The molecular formula is C17H21N3O2S2. The van der Waals surface area contributed by atoms with Crippen molar-refractivity contribution >= 4 is 33.3 Å². The number of hydrogen-bond acceptors (Lipinski definition) is 6. The van der Waals surface area contributed by atoms with Crippen molar-refractivity contribution in [3.05, 3.63) is 20.8 Å². The number of hydrogen-bond donors (Lipinski definition) is 0. The predicted octanol–water partition coefficient (Wildman–Crippen LogP) is 3.51. The molecule has 0 bridgehead atoms. The lowest BCUT2D eigenvalue weighted by molar-refractivity contribution is 0.0937. The van der Waals surface area contributed by atoms with Crippen LogP contribution in [0.15, 0.2) is 9.95 Å². The van der Waals surface area contributed by atoms with Gasteiger partial charge in [0.15, 0.2) is 5.16 Å². The zero-order chi connectivity index (χ0) is 17.3. The van der Waals surface area contributed by atoms with Crippen molar-refractivity contribution in [1.29, 1.82) is 5.26 Å². The Hall–Kier alpha value is -1.36. The molecule has 0 spiro atoms.